The fraction of sp³-hybridized carbons (Fsp3) is 0.467. The number of benzene rings is 1. The first kappa shape index (κ1) is 15.3. The number of aliphatic carboxylic acids is 1. The van der Waals surface area contributed by atoms with Crippen LogP contribution < -0.4 is 11.1 Å². The minimum absolute atomic E-state index is 0.117. The van der Waals surface area contributed by atoms with Crippen molar-refractivity contribution < 1.29 is 19.8 Å². The monoisotopic (exact) mass is 292 g/mol. The zero-order valence-electron chi connectivity index (χ0n) is 11.7. The highest BCUT2D eigenvalue weighted by atomic mass is 16.4. The summed E-state index contributed by atoms with van der Waals surface area (Å²) in [6, 6.07) is 5.26. The van der Waals surface area contributed by atoms with Gasteiger partial charge in [0.05, 0.1) is 5.41 Å². The molecule has 1 fully saturated rings. The van der Waals surface area contributed by atoms with Crippen molar-refractivity contribution in [3.8, 4) is 5.75 Å². The summed E-state index contributed by atoms with van der Waals surface area (Å²) in [5.74, 6) is -1.24. The van der Waals surface area contributed by atoms with Gasteiger partial charge in [-0.25, -0.2) is 4.79 Å². The minimum Gasteiger partial charge on any atom is -0.508 e. The zero-order valence-corrected chi connectivity index (χ0v) is 11.7. The smallest absolute Gasteiger partial charge is 0.326 e. The Balaban J connectivity index is 2.04. The number of carbonyl (C=O) groups excluding carboxylic acids is 1. The van der Waals surface area contributed by atoms with E-state index >= 15 is 0 Å². The number of carbonyl (C=O) groups is 2. The summed E-state index contributed by atoms with van der Waals surface area (Å²) in [7, 11) is 0. The standard InChI is InChI=1S/C15H20N2O4/c16-9-15(6-1-7-15)14(21)17-12(13(19)20)8-10-2-4-11(18)5-3-10/h2-5,12,18H,1,6-9,16H2,(H,17,21)(H,19,20)/t12-/m1/s1. The molecule has 6 nitrogen and oxygen atoms in total. The molecule has 21 heavy (non-hydrogen) atoms. The fourth-order valence-electron chi connectivity index (χ4n) is 2.51. The first-order chi connectivity index (χ1) is 9.97. The number of rotatable bonds is 6. The number of phenolic OH excluding ortho intramolecular Hbond substituents is 1. The molecular formula is C15H20N2O4. The molecule has 1 atom stereocenters. The van der Waals surface area contributed by atoms with E-state index in [4.69, 9.17) is 5.73 Å². The van der Waals surface area contributed by atoms with E-state index in [9.17, 15) is 19.8 Å². The van der Waals surface area contributed by atoms with Crippen LogP contribution >= 0.6 is 0 Å². The van der Waals surface area contributed by atoms with Crippen molar-refractivity contribution in [3.63, 3.8) is 0 Å². The molecule has 5 N–H and O–H groups in total. The van der Waals surface area contributed by atoms with Gasteiger partial charge < -0.3 is 21.3 Å². The van der Waals surface area contributed by atoms with Crippen LogP contribution in [0.1, 0.15) is 24.8 Å². The van der Waals surface area contributed by atoms with Crippen LogP contribution in [0, 0.1) is 5.41 Å². The summed E-state index contributed by atoms with van der Waals surface area (Å²) < 4.78 is 0. The van der Waals surface area contributed by atoms with E-state index in [0.717, 1.165) is 12.0 Å². The molecule has 6 heteroatoms. The molecule has 0 aromatic heterocycles. The average molecular weight is 292 g/mol. The second-order valence-electron chi connectivity index (χ2n) is 5.57. The number of amides is 1. The van der Waals surface area contributed by atoms with Gasteiger partial charge in [-0.1, -0.05) is 18.6 Å². The van der Waals surface area contributed by atoms with Gasteiger partial charge in [0.15, 0.2) is 0 Å². The molecular weight excluding hydrogens is 272 g/mol. The molecule has 1 aromatic carbocycles. The lowest BCUT2D eigenvalue weighted by atomic mass is 9.68. The number of phenols is 1. The van der Waals surface area contributed by atoms with Crippen molar-refractivity contribution in [1.82, 2.24) is 5.32 Å². The van der Waals surface area contributed by atoms with Crippen molar-refractivity contribution in [2.45, 2.75) is 31.7 Å². The summed E-state index contributed by atoms with van der Waals surface area (Å²) in [5.41, 5.74) is 5.79. The lowest BCUT2D eigenvalue weighted by molar-refractivity contribution is -0.145. The third-order valence-electron chi connectivity index (χ3n) is 4.16. The molecule has 0 spiro atoms. The number of carboxylic acid groups (broad SMARTS) is 1. The molecule has 114 valence electrons. The third-order valence-corrected chi connectivity index (χ3v) is 4.16. The summed E-state index contributed by atoms with van der Waals surface area (Å²) in [6.07, 6.45) is 2.53. The Morgan fingerprint density at radius 1 is 1.29 bits per heavy atom. The number of nitrogens with one attached hydrogen (secondary N) is 1. The van der Waals surface area contributed by atoms with E-state index < -0.39 is 17.4 Å². The van der Waals surface area contributed by atoms with Gasteiger partial charge in [-0.2, -0.15) is 0 Å². The molecule has 0 aliphatic heterocycles. The maximum Gasteiger partial charge on any atom is 0.326 e. The SMILES string of the molecule is NCC1(C(=O)N[C@H](Cc2ccc(O)cc2)C(=O)O)CCC1. The van der Waals surface area contributed by atoms with Crippen LogP contribution in [0.2, 0.25) is 0 Å². The molecule has 1 aliphatic rings. The van der Waals surface area contributed by atoms with E-state index in [0.29, 0.717) is 12.8 Å². The van der Waals surface area contributed by atoms with E-state index in [2.05, 4.69) is 5.32 Å². The van der Waals surface area contributed by atoms with Gasteiger partial charge in [0.2, 0.25) is 5.91 Å². The van der Waals surface area contributed by atoms with Crippen LogP contribution in [0.4, 0.5) is 0 Å². The number of hydrogen-bond donors (Lipinski definition) is 4. The maximum absolute atomic E-state index is 12.2. The topological polar surface area (TPSA) is 113 Å². The molecule has 1 saturated carbocycles. The average Bonchev–Trinajstić information content (AvgIpc) is 2.39. The summed E-state index contributed by atoms with van der Waals surface area (Å²) >= 11 is 0. The Morgan fingerprint density at radius 3 is 2.33 bits per heavy atom. The van der Waals surface area contributed by atoms with Gasteiger partial charge in [0.25, 0.3) is 0 Å². The van der Waals surface area contributed by atoms with Gasteiger partial charge in [-0.3, -0.25) is 4.79 Å². The normalized spacial score (nSPS) is 17.6. The van der Waals surface area contributed by atoms with Crippen molar-refractivity contribution in [1.29, 1.82) is 0 Å². The molecule has 1 aliphatic carbocycles. The summed E-state index contributed by atoms with van der Waals surface area (Å²) in [6.45, 7) is 0.240. The second-order valence-corrected chi connectivity index (χ2v) is 5.57. The van der Waals surface area contributed by atoms with Crippen molar-refractivity contribution in [2.24, 2.45) is 11.1 Å². The third kappa shape index (κ3) is 3.33. The number of aromatic hydroxyl groups is 1. The highest BCUT2D eigenvalue weighted by Gasteiger charge is 2.43. The number of carboxylic acids is 1. The van der Waals surface area contributed by atoms with E-state index in [1.54, 1.807) is 12.1 Å². The molecule has 0 saturated heterocycles. The molecule has 1 amide bonds. The largest absolute Gasteiger partial charge is 0.508 e. The Bertz CT molecular complexity index is 517. The fourth-order valence-corrected chi connectivity index (χ4v) is 2.51. The summed E-state index contributed by atoms with van der Waals surface area (Å²) in [4.78, 5) is 23.6. The van der Waals surface area contributed by atoms with Gasteiger partial charge in [0, 0.05) is 13.0 Å². The number of nitrogens with two attached hydrogens (primary N) is 1. The van der Waals surface area contributed by atoms with Gasteiger partial charge in [-0.15, -0.1) is 0 Å². The first-order valence-electron chi connectivity index (χ1n) is 6.98. The lowest BCUT2D eigenvalue weighted by Gasteiger charge is -2.39. The number of hydrogen-bond acceptors (Lipinski definition) is 4. The Hall–Kier alpha value is -2.08. The predicted molar refractivity (Wildman–Crippen MR) is 76.7 cm³/mol. The molecule has 0 unspecified atom stereocenters. The van der Waals surface area contributed by atoms with Crippen LogP contribution in [0.25, 0.3) is 0 Å². The van der Waals surface area contributed by atoms with Gasteiger partial charge >= 0.3 is 5.97 Å². The van der Waals surface area contributed by atoms with Crippen LogP contribution in [0.3, 0.4) is 0 Å². The van der Waals surface area contributed by atoms with E-state index in [1.165, 1.54) is 12.1 Å². The van der Waals surface area contributed by atoms with Gasteiger partial charge in [-0.05, 0) is 30.5 Å². The molecule has 2 rings (SSSR count). The molecule has 0 bridgehead atoms. The predicted octanol–water partition coefficient (Wildman–Crippen LogP) is 0.633. The van der Waals surface area contributed by atoms with Crippen molar-refractivity contribution in [2.75, 3.05) is 6.54 Å². The Labute approximate surface area is 123 Å². The minimum atomic E-state index is -1.08. The lowest BCUT2D eigenvalue weighted by Crippen LogP contribution is -2.54. The van der Waals surface area contributed by atoms with Crippen LogP contribution in [0.15, 0.2) is 24.3 Å². The van der Waals surface area contributed by atoms with Crippen molar-refractivity contribution in [3.05, 3.63) is 29.8 Å². The highest BCUT2D eigenvalue weighted by molar-refractivity contribution is 5.88. The van der Waals surface area contributed by atoms with Gasteiger partial charge in [0.1, 0.15) is 11.8 Å². The summed E-state index contributed by atoms with van der Waals surface area (Å²) in [5, 5.41) is 21.1. The molecule has 0 radical (unpaired) electrons. The molecule has 0 heterocycles. The van der Waals surface area contributed by atoms with Crippen LogP contribution in [-0.4, -0.2) is 34.7 Å². The maximum atomic E-state index is 12.2. The van der Waals surface area contributed by atoms with Crippen LogP contribution in [0.5, 0.6) is 5.75 Å². The van der Waals surface area contributed by atoms with Crippen LogP contribution in [-0.2, 0) is 16.0 Å². The first-order valence-corrected chi connectivity index (χ1v) is 6.98. The zero-order chi connectivity index (χ0) is 15.5. The molecule has 1 aromatic rings. The quantitative estimate of drug-likeness (QED) is 0.614. The second kappa shape index (κ2) is 6.13. The van der Waals surface area contributed by atoms with Crippen molar-refractivity contribution >= 4 is 11.9 Å². The Kier molecular flexibility index (Phi) is 4.47. The highest BCUT2D eigenvalue weighted by Crippen LogP contribution is 2.40. The van der Waals surface area contributed by atoms with E-state index in [-0.39, 0.29) is 24.6 Å². The van der Waals surface area contributed by atoms with E-state index in [1.807, 2.05) is 0 Å². The Morgan fingerprint density at radius 2 is 1.90 bits per heavy atom.